The number of rotatable bonds is 6. The predicted octanol–water partition coefficient (Wildman–Crippen LogP) is 1.82. The van der Waals surface area contributed by atoms with Crippen LogP contribution in [0.15, 0.2) is 24.3 Å². The second-order valence-electron chi connectivity index (χ2n) is 5.58. The number of aliphatic hydroxyl groups excluding tert-OH is 1. The highest BCUT2D eigenvalue weighted by atomic mass is 32.1. The molecule has 2 rings (SSSR count). The van der Waals surface area contributed by atoms with E-state index in [-0.39, 0.29) is 6.61 Å². The van der Waals surface area contributed by atoms with Gasteiger partial charge < -0.3 is 14.9 Å². The first-order valence-electron chi connectivity index (χ1n) is 8.17. The summed E-state index contributed by atoms with van der Waals surface area (Å²) in [5.41, 5.74) is 2.38. The number of hydrogen-bond acceptors (Lipinski definition) is 4. The molecular weight excluding hydrogens is 294 g/mol. The Morgan fingerprint density at radius 1 is 1.09 bits per heavy atom. The van der Waals surface area contributed by atoms with Crippen LogP contribution in [-0.4, -0.2) is 72.3 Å². The van der Waals surface area contributed by atoms with Gasteiger partial charge in [0.15, 0.2) is 0 Å². The summed E-state index contributed by atoms with van der Waals surface area (Å²) in [6.45, 7) is 11.2. The molecule has 0 bridgehead atoms. The number of anilines is 1. The fourth-order valence-electron chi connectivity index (χ4n) is 2.90. The summed E-state index contributed by atoms with van der Waals surface area (Å²) in [7, 11) is 0. The fourth-order valence-corrected chi connectivity index (χ4v) is 3.22. The summed E-state index contributed by atoms with van der Waals surface area (Å²) in [6.07, 6.45) is 0. The third kappa shape index (κ3) is 4.18. The van der Waals surface area contributed by atoms with Crippen LogP contribution >= 0.6 is 12.2 Å². The molecule has 0 amide bonds. The molecule has 0 saturated carbocycles. The van der Waals surface area contributed by atoms with Gasteiger partial charge >= 0.3 is 0 Å². The Kier molecular flexibility index (Phi) is 6.61. The van der Waals surface area contributed by atoms with Crippen LogP contribution in [0.3, 0.4) is 0 Å². The molecule has 0 radical (unpaired) electrons. The Morgan fingerprint density at radius 2 is 1.68 bits per heavy atom. The standard InChI is InChI=1S/C17H27N3OS/c1-3-19(4-2)16-7-5-15(6-8-16)17(22)20-11-9-18(10-12-20)13-14-21/h5-8,21H,3-4,9-14H2,1-2H3. The lowest BCUT2D eigenvalue weighted by molar-refractivity contribution is 0.148. The number of piperazine rings is 1. The Balaban J connectivity index is 1.96. The van der Waals surface area contributed by atoms with E-state index < -0.39 is 0 Å². The molecule has 1 aromatic rings. The van der Waals surface area contributed by atoms with Crippen LogP contribution < -0.4 is 4.90 Å². The van der Waals surface area contributed by atoms with Gasteiger partial charge in [0.25, 0.3) is 0 Å². The lowest BCUT2D eigenvalue weighted by atomic mass is 10.1. The van der Waals surface area contributed by atoms with Gasteiger partial charge in [0, 0.05) is 57.1 Å². The zero-order chi connectivity index (χ0) is 15.9. The van der Waals surface area contributed by atoms with Gasteiger partial charge in [0.2, 0.25) is 0 Å². The number of β-amino-alcohol motifs (C(OH)–C–C–N with tert-alkyl or cyclic N) is 1. The minimum absolute atomic E-state index is 0.233. The van der Waals surface area contributed by atoms with E-state index in [1.807, 2.05) is 0 Å². The first kappa shape index (κ1) is 17.2. The molecule has 1 saturated heterocycles. The lowest BCUT2D eigenvalue weighted by Crippen LogP contribution is -2.49. The topological polar surface area (TPSA) is 30.0 Å². The molecule has 122 valence electrons. The summed E-state index contributed by atoms with van der Waals surface area (Å²) in [6, 6.07) is 8.60. The van der Waals surface area contributed by atoms with E-state index in [0.29, 0.717) is 0 Å². The van der Waals surface area contributed by atoms with Gasteiger partial charge in [-0.2, -0.15) is 0 Å². The van der Waals surface area contributed by atoms with Crippen molar-refractivity contribution in [1.29, 1.82) is 0 Å². The van der Waals surface area contributed by atoms with Crippen molar-refractivity contribution in [2.45, 2.75) is 13.8 Å². The Bertz CT molecular complexity index is 465. The fraction of sp³-hybridized carbons (Fsp3) is 0.588. The van der Waals surface area contributed by atoms with Crippen LogP contribution in [0.5, 0.6) is 0 Å². The maximum absolute atomic E-state index is 9.00. The van der Waals surface area contributed by atoms with Crippen LogP contribution in [0.2, 0.25) is 0 Å². The van der Waals surface area contributed by atoms with Crippen LogP contribution in [0, 0.1) is 0 Å². The van der Waals surface area contributed by atoms with E-state index in [2.05, 4.69) is 52.8 Å². The molecule has 5 heteroatoms. The average molecular weight is 321 g/mol. The molecule has 0 spiro atoms. The quantitative estimate of drug-likeness (QED) is 0.808. The predicted molar refractivity (Wildman–Crippen MR) is 96.8 cm³/mol. The summed E-state index contributed by atoms with van der Waals surface area (Å²) in [4.78, 5) is 7.83. The summed E-state index contributed by atoms with van der Waals surface area (Å²) >= 11 is 5.65. The zero-order valence-electron chi connectivity index (χ0n) is 13.7. The molecule has 1 fully saturated rings. The molecule has 4 nitrogen and oxygen atoms in total. The second kappa shape index (κ2) is 8.46. The van der Waals surface area contributed by atoms with Gasteiger partial charge in [-0.15, -0.1) is 0 Å². The minimum atomic E-state index is 0.233. The Morgan fingerprint density at radius 3 is 2.18 bits per heavy atom. The normalized spacial score (nSPS) is 15.9. The van der Waals surface area contributed by atoms with Gasteiger partial charge in [-0.3, -0.25) is 4.90 Å². The Hall–Kier alpha value is -1.17. The second-order valence-corrected chi connectivity index (χ2v) is 5.96. The van der Waals surface area contributed by atoms with Crippen molar-refractivity contribution in [2.75, 3.05) is 57.3 Å². The Labute approximate surface area is 139 Å². The monoisotopic (exact) mass is 321 g/mol. The molecule has 1 aromatic carbocycles. The first-order chi connectivity index (χ1) is 10.7. The van der Waals surface area contributed by atoms with Crippen molar-refractivity contribution in [1.82, 2.24) is 9.80 Å². The van der Waals surface area contributed by atoms with Crippen LogP contribution in [0.4, 0.5) is 5.69 Å². The lowest BCUT2D eigenvalue weighted by Gasteiger charge is -2.36. The highest BCUT2D eigenvalue weighted by molar-refractivity contribution is 7.80. The third-order valence-electron chi connectivity index (χ3n) is 4.32. The number of aliphatic hydroxyl groups is 1. The molecule has 0 atom stereocenters. The molecule has 1 heterocycles. The molecule has 0 aromatic heterocycles. The van der Waals surface area contributed by atoms with Gasteiger partial charge in [-0.1, -0.05) is 12.2 Å². The van der Waals surface area contributed by atoms with Gasteiger partial charge in [0.1, 0.15) is 4.99 Å². The molecule has 1 N–H and O–H groups in total. The van der Waals surface area contributed by atoms with Crippen molar-refractivity contribution in [2.24, 2.45) is 0 Å². The van der Waals surface area contributed by atoms with E-state index in [9.17, 15) is 0 Å². The number of benzene rings is 1. The van der Waals surface area contributed by atoms with Crippen molar-refractivity contribution in [3.05, 3.63) is 29.8 Å². The van der Waals surface area contributed by atoms with E-state index in [1.54, 1.807) is 0 Å². The van der Waals surface area contributed by atoms with E-state index >= 15 is 0 Å². The highest BCUT2D eigenvalue weighted by Gasteiger charge is 2.19. The van der Waals surface area contributed by atoms with E-state index in [4.69, 9.17) is 17.3 Å². The van der Waals surface area contributed by atoms with Crippen molar-refractivity contribution in [3.8, 4) is 0 Å². The maximum Gasteiger partial charge on any atom is 0.109 e. The molecule has 1 aliphatic rings. The largest absolute Gasteiger partial charge is 0.395 e. The molecular formula is C17H27N3OS. The van der Waals surface area contributed by atoms with Crippen molar-refractivity contribution >= 4 is 22.9 Å². The molecule has 1 aliphatic heterocycles. The smallest absolute Gasteiger partial charge is 0.109 e. The summed E-state index contributed by atoms with van der Waals surface area (Å²) in [5.74, 6) is 0. The summed E-state index contributed by atoms with van der Waals surface area (Å²) < 4.78 is 0. The summed E-state index contributed by atoms with van der Waals surface area (Å²) in [5, 5.41) is 9.00. The van der Waals surface area contributed by atoms with Crippen LogP contribution in [0.1, 0.15) is 19.4 Å². The molecule has 0 unspecified atom stereocenters. The van der Waals surface area contributed by atoms with Gasteiger partial charge in [-0.05, 0) is 38.1 Å². The van der Waals surface area contributed by atoms with Gasteiger partial charge in [0.05, 0.1) is 6.61 Å². The average Bonchev–Trinajstić information content (AvgIpc) is 2.57. The van der Waals surface area contributed by atoms with Crippen LogP contribution in [0.25, 0.3) is 0 Å². The highest BCUT2D eigenvalue weighted by Crippen LogP contribution is 2.17. The molecule has 0 aliphatic carbocycles. The SMILES string of the molecule is CCN(CC)c1ccc(C(=S)N2CCN(CCO)CC2)cc1. The van der Waals surface area contributed by atoms with Crippen molar-refractivity contribution < 1.29 is 5.11 Å². The number of thiocarbonyl (C=S) groups is 1. The van der Waals surface area contributed by atoms with E-state index in [0.717, 1.165) is 56.4 Å². The minimum Gasteiger partial charge on any atom is -0.395 e. The third-order valence-corrected chi connectivity index (χ3v) is 4.81. The van der Waals surface area contributed by atoms with Crippen molar-refractivity contribution in [3.63, 3.8) is 0 Å². The van der Waals surface area contributed by atoms with Crippen LogP contribution in [-0.2, 0) is 0 Å². The maximum atomic E-state index is 9.00. The number of nitrogens with zero attached hydrogens (tertiary/aromatic N) is 3. The first-order valence-corrected chi connectivity index (χ1v) is 8.57. The number of hydrogen-bond donors (Lipinski definition) is 1. The zero-order valence-corrected chi connectivity index (χ0v) is 14.5. The molecule has 22 heavy (non-hydrogen) atoms. The van der Waals surface area contributed by atoms with Gasteiger partial charge in [-0.25, -0.2) is 0 Å². The van der Waals surface area contributed by atoms with E-state index in [1.165, 1.54) is 5.69 Å².